The quantitative estimate of drug-likeness (QED) is 0.835. The number of hydrogen-bond acceptors (Lipinski definition) is 1. The highest BCUT2D eigenvalue weighted by atomic mass is 16.3. The van der Waals surface area contributed by atoms with Gasteiger partial charge in [-0.05, 0) is 17.5 Å². The fourth-order valence-electron chi connectivity index (χ4n) is 2.17. The van der Waals surface area contributed by atoms with Gasteiger partial charge in [0.2, 0.25) is 0 Å². The molecule has 0 aliphatic rings. The summed E-state index contributed by atoms with van der Waals surface area (Å²) < 4.78 is 0. The van der Waals surface area contributed by atoms with Crippen molar-refractivity contribution < 1.29 is 5.11 Å². The number of phenolic OH excluding ortho intramolecular Hbond substituents is 1. The summed E-state index contributed by atoms with van der Waals surface area (Å²) in [7, 11) is 0. The summed E-state index contributed by atoms with van der Waals surface area (Å²) >= 11 is 0. The van der Waals surface area contributed by atoms with Gasteiger partial charge < -0.3 is 5.11 Å². The van der Waals surface area contributed by atoms with E-state index in [1.165, 1.54) is 5.56 Å². The summed E-state index contributed by atoms with van der Waals surface area (Å²) in [5.74, 6) is 0.675. The SMILES string of the molecule is CCc1cccc(C(C)c2ccccc2)c1O. The van der Waals surface area contributed by atoms with Crippen LogP contribution in [-0.2, 0) is 6.42 Å². The Balaban J connectivity index is 2.41. The van der Waals surface area contributed by atoms with Crippen LogP contribution in [0.15, 0.2) is 48.5 Å². The van der Waals surface area contributed by atoms with Gasteiger partial charge in [-0.2, -0.15) is 0 Å². The fourth-order valence-corrected chi connectivity index (χ4v) is 2.17. The molecule has 1 nitrogen and oxygen atoms in total. The molecule has 1 N–H and O–H groups in total. The summed E-state index contributed by atoms with van der Waals surface area (Å²) in [6.07, 6.45) is 0.862. The molecule has 2 rings (SSSR count). The predicted octanol–water partition coefficient (Wildman–Crippen LogP) is 4.11. The smallest absolute Gasteiger partial charge is 0.122 e. The minimum atomic E-state index is 0.225. The van der Waals surface area contributed by atoms with Crippen LogP contribution in [0.25, 0.3) is 0 Å². The largest absolute Gasteiger partial charge is 0.507 e. The van der Waals surface area contributed by atoms with Crippen LogP contribution >= 0.6 is 0 Å². The molecule has 1 heteroatoms. The van der Waals surface area contributed by atoms with Gasteiger partial charge in [0.15, 0.2) is 0 Å². The first-order chi connectivity index (χ1) is 8.24. The Hall–Kier alpha value is -1.76. The minimum Gasteiger partial charge on any atom is -0.507 e. The molecular weight excluding hydrogens is 208 g/mol. The molecule has 1 unspecified atom stereocenters. The van der Waals surface area contributed by atoms with Crippen molar-refractivity contribution in [2.24, 2.45) is 0 Å². The van der Waals surface area contributed by atoms with Crippen molar-refractivity contribution in [3.05, 3.63) is 65.2 Å². The molecule has 2 aromatic carbocycles. The summed E-state index contributed by atoms with van der Waals surface area (Å²) in [6, 6.07) is 16.3. The topological polar surface area (TPSA) is 20.2 Å². The second-order valence-corrected chi connectivity index (χ2v) is 4.34. The molecule has 0 saturated carbocycles. The summed E-state index contributed by atoms with van der Waals surface area (Å²) in [5, 5.41) is 10.2. The van der Waals surface area contributed by atoms with Crippen LogP contribution in [0.4, 0.5) is 0 Å². The Kier molecular flexibility index (Phi) is 3.48. The standard InChI is InChI=1S/C16H18O/c1-3-13-10-7-11-15(16(13)17)12(2)14-8-5-4-6-9-14/h4-12,17H,3H2,1-2H3. The van der Waals surface area contributed by atoms with E-state index in [2.05, 4.69) is 26.0 Å². The number of aryl methyl sites for hydroxylation is 1. The Bertz CT molecular complexity index is 488. The number of hydrogen-bond donors (Lipinski definition) is 1. The van der Waals surface area contributed by atoms with Gasteiger partial charge in [0.1, 0.15) is 5.75 Å². The van der Waals surface area contributed by atoms with Crippen LogP contribution in [0.3, 0.4) is 0 Å². The highest BCUT2D eigenvalue weighted by molar-refractivity contribution is 5.45. The Morgan fingerprint density at radius 3 is 2.35 bits per heavy atom. The van der Waals surface area contributed by atoms with Crippen molar-refractivity contribution in [2.75, 3.05) is 0 Å². The van der Waals surface area contributed by atoms with Gasteiger partial charge in [-0.15, -0.1) is 0 Å². The van der Waals surface area contributed by atoms with Crippen molar-refractivity contribution in [1.82, 2.24) is 0 Å². The van der Waals surface area contributed by atoms with E-state index in [1.54, 1.807) is 0 Å². The molecule has 0 heterocycles. The number of benzene rings is 2. The van der Waals surface area contributed by atoms with Gasteiger partial charge in [0.05, 0.1) is 0 Å². The van der Waals surface area contributed by atoms with E-state index < -0.39 is 0 Å². The maximum Gasteiger partial charge on any atom is 0.122 e. The molecule has 0 amide bonds. The van der Waals surface area contributed by atoms with Crippen LogP contribution < -0.4 is 0 Å². The lowest BCUT2D eigenvalue weighted by Gasteiger charge is -2.15. The van der Waals surface area contributed by atoms with Crippen molar-refractivity contribution in [3.8, 4) is 5.75 Å². The second kappa shape index (κ2) is 5.05. The third-order valence-electron chi connectivity index (χ3n) is 3.30. The Morgan fingerprint density at radius 1 is 1.00 bits per heavy atom. The molecule has 0 aliphatic carbocycles. The first kappa shape index (κ1) is 11.7. The van der Waals surface area contributed by atoms with Crippen molar-refractivity contribution in [1.29, 1.82) is 0 Å². The van der Waals surface area contributed by atoms with Crippen LogP contribution in [0.5, 0.6) is 5.75 Å². The zero-order chi connectivity index (χ0) is 12.3. The highest BCUT2D eigenvalue weighted by Gasteiger charge is 2.13. The normalized spacial score (nSPS) is 12.4. The van der Waals surface area contributed by atoms with Crippen LogP contribution in [-0.4, -0.2) is 5.11 Å². The first-order valence-corrected chi connectivity index (χ1v) is 6.09. The fraction of sp³-hybridized carbons (Fsp3) is 0.250. The molecule has 0 radical (unpaired) electrons. The predicted molar refractivity (Wildman–Crippen MR) is 71.4 cm³/mol. The van der Waals surface area contributed by atoms with Gasteiger partial charge >= 0.3 is 0 Å². The van der Waals surface area contributed by atoms with Crippen molar-refractivity contribution >= 4 is 0 Å². The average molecular weight is 226 g/mol. The molecular formula is C16H18O. The molecule has 88 valence electrons. The van der Waals surface area contributed by atoms with Gasteiger partial charge in [-0.3, -0.25) is 0 Å². The van der Waals surface area contributed by atoms with Crippen LogP contribution in [0.1, 0.15) is 36.5 Å². The van der Waals surface area contributed by atoms with Crippen LogP contribution in [0, 0.1) is 0 Å². The van der Waals surface area contributed by atoms with E-state index in [0.29, 0.717) is 5.75 Å². The van der Waals surface area contributed by atoms with E-state index >= 15 is 0 Å². The molecule has 0 spiro atoms. The van der Waals surface area contributed by atoms with E-state index in [9.17, 15) is 5.11 Å². The zero-order valence-corrected chi connectivity index (χ0v) is 10.4. The lowest BCUT2D eigenvalue weighted by Crippen LogP contribution is -1.98. The highest BCUT2D eigenvalue weighted by Crippen LogP contribution is 2.33. The summed E-state index contributed by atoms with van der Waals surface area (Å²) in [6.45, 7) is 4.19. The van der Waals surface area contributed by atoms with E-state index in [1.807, 2.05) is 36.4 Å². The van der Waals surface area contributed by atoms with Crippen molar-refractivity contribution in [3.63, 3.8) is 0 Å². The second-order valence-electron chi connectivity index (χ2n) is 4.34. The van der Waals surface area contributed by atoms with Gasteiger partial charge in [-0.25, -0.2) is 0 Å². The molecule has 0 aromatic heterocycles. The number of phenols is 1. The molecule has 17 heavy (non-hydrogen) atoms. The van der Waals surface area contributed by atoms with Crippen molar-refractivity contribution in [2.45, 2.75) is 26.2 Å². The molecule has 1 atom stereocenters. The number of rotatable bonds is 3. The van der Waals surface area contributed by atoms with Gasteiger partial charge in [0, 0.05) is 11.5 Å². The zero-order valence-electron chi connectivity index (χ0n) is 10.4. The lowest BCUT2D eigenvalue weighted by atomic mass is 9.91. The summed E-state index contributed by atoms with van der Waals surface area (Å²) in [4.78, 5) is 0. The molecule has 0 fully saturated rings. The van der Waals surface area contributed by atoms with E-state index in [0.717, 1.165) is 17.5 Å². The maximum absolute atomic E-state index is 10.2. The number of para-hydroxylation sites is 1. The maximum atomic E-state index is 10.2. The molecule has 0 saturated heterocycles. The third kappa shape index (κ3) is 2.33. The molecule has 0 aliphatic heterocycles. The van der Waals surface area contributed by atoms with E-state index in [4.69, 9.17) is 0 Å². The lowest BCUT2D eigenvalue weighted by molar-refractivity contribution is 0.459. The van der Waals surface area contributed by atoms with Crippen LogP contribution in [0.2, 0.25) is 0 Å². The van der Waals surface area contributed by atoms with Gasteiger partial charge in [0.25, 0.3) is 0 Å². The minimum absolute atomic E-state index is 0.225. The average Bonchev–Trinajstić information content (AvgIpc) is 2.39. The van der Waals surface area contributed by atoms with Gasteiger partial charge in [-0.1, -0.05) is 62.4 Å². The molecule has 0 bridgehead atoms. The molecule has 2 aromatic rings. The Morgan fingerprint density at radius 2 is 1.71 bits per heavy atom. The number of aromatic hydroxyl groups is 1. The summed E-state index contributed by atoms with van der Waals surface area (Å²) in [5.41, 5.74) is 3.26. The van der Waals surface area contributed by atoms with E-state index in [-0.39, 0.29) is 5.92 Å². The third-order valence-corrected chi connectivity index (χ3v) is 3.30. The first-order valence-electron chi connectivity index (χ1n) is 6.09. The monoisotopic (exact) mass is 226 g/mol. The Labute approximate surface area is 103 Å².